The molecule has 1 N–H and O–H groups in total. The molecule has 96 valence electrons. The fraction of sp³-hybridized carbons (Fsp3) is 0.357. The molecule has 3 nitrogen and oxygen atoms in total. The summed E-state index contributed by atoms with van der Waals surface area (Å²) in [4.78, 5) is 0. The second kappa shape index (κ2) is 5.12. The van der Waals surface area contributed by atoms with Crippen molar-refractivity contribution in [1.82, 2.24) is 9.78 Å². The van der Waals surface area contributed by atoms with Gasteiger partial charge in [-0.25, -0.2) is 0 Å². The van der Waals surface area contributed by atoms with Gasteiger partial charge in [-0.3, -0.25) is 4.68 Å². The largest absolute Gasteiger partial charge is 0.382 e. The first-order valence-electron chi connectivity index (χ1n) is 6.01. The maximum absolute atomic E-state index is 10.4. The molecule has 0 aliphatic rings. The molecule has 2 rings (SSSR count). The van der Waals surface area contributed by atoms with E-state index in [9.17, 15) is 5.11 Å². The van der Waals surface area contributed by atoms with Gasteiger partial charge >= 0.3 is 0 Å². The highest BCUT2D eigenvalue weighted by Gasteiger charge is 2.16. The second-order valence-electron chi connectivity index (χ2n) is 4.44. The van der Waals surface area contributed by atoms with E-state index in [0.29, 0.717) is 5.02 Å². The number of rotatable bonds is 3. The highest BCUT2D eigenvalue weighted by Crippen LogP contribution is 2.26. The summed E-state index contributed by atoms with van der Waals surface area (Å²) in [6, 6.07) is 7.53. The minimum atomic E-state index is -0.691. The maximum atomic E-state index is 10.4. The van der Waals surface area contributed by atoms with Crippen LogP contribution in [0.5, 0.6) is 0 Å². The van der Waals surface area contributed by atoms with Crippen molar-refractivity contribution in [3.63, 3.8) is 0 Å². The number of nitrogens with zero attached hydrogens (tertiary/aromatic N) is 2. The molecule has 0 amide bonds. The van der Waals surface area contributed by atoms with Crippen molar-refractivity contribution in [3.8, 4) is 0 Å². The molecule has 18 heavy (non-hydrogen) atoms. The van der Waals surface area contributed by atoms with Gasteiger partial charge in [0.25, 0.3) is 0 Å². The van der Waals surface area contributed by atoms with Crippen molar-refractivity contribution in [2.24, 2.45) is 0 Å². The van der Waals surface area contributed by atoms with Crippen molar-refractivity contribution in [1.29, 1.82) is 0 Å². The van der Waals surface area contributed by atoms with Gasteiger partial charge in [0, 0.05) is 11.6 Å². The molecule has 0 saturated heterocycles. The molecule has 2 aromatic rings. The van der Waals surface area contributed by atoms with E-state index in [1.807, 2.05) is 49.7 Å². The van der Waals surface area contributed by atoms with Gasteiger partial charge in [0.1, 0.15) is 6.10 Å². The van der Waals surface area contributed by atoms with E-state index >= 15 is 0 Å². The number of hydrogen-bond acceptors (Lipinski definition) is 2. The maximum Gasteiger partial charge on any atom is 0.121 e. The van der Waals surface area contributed by atoms with Crippen LogP contribution in [0.2, 0.25) is 5.02 Å². The lowest BCUT2D eigenvalue weighted by Crippen LogP contribution is -2.09. The Bertz CT molecular complexity index is 563. The molecule has 0 aliphatic heterocycles. The summed E-state index contributed by atoms with van der Waals surface area (Å²) in [6.07, 6.45) is -0.691. The van der Waals surface area contributed by atoms with Crippen LogP contribution in [0.4, 0.5) is 0 Å². The standard InChI is InChI=1S/C14H17ClN2O/c1-4-17-13(7-10(3)16-17)14(18)11-6-5-9(2)12(15)8-11/h5-8,14,18H,4H2,1-3H3. The molecule has 1 aromatic carbocycles. The number of halogens is 1. The lowest BCUT2D eigenvalue weighted by atomic mass is 10.0. The zero-order chi connectivity index (χ0) is 13.3. The summed E-state index contributed by atoms with van der Waals surface area (Å²) in [5, 5.41) is 15.4. The number of aromatic nitrogens is 2. The fourth-order valence-electron chi connectivity index (χ4n) is 1.99. The molecular formula is C14H17ClN2O. The number of aliphatic hydroxyl groups is 1. The van der Waals surface area contributed by atoms with Crippen LogP contribution < -0.4 is 0 Å². The van der Waals surface area contributed by atoms with Crippen molar-refractivity contribution in [3.05, 3.63) is 51.8 Å². The van der Waals surface area contributed by atoms with Crippen LogP contribution in [0, 0.1) is 13.8 Å². The quantitative estimate of drug-likeness (QED) is 0.924. The van der Waals surface area contributed by atoms with Crippen molar-refractivity contribution in [2.75, 3.05) is 0 Å². The summed E-state index contributed by atoms with van der Waals surface area (Å²) in [7, 11) is 0. The Morgan fingerprint density at radius 1 is 1.33 bits per heavy atom. The zero-order valence-electron chi connectivity index (χ0n) is 10.8. The molecule has 1 atom stereocenters. The van der Waals surface area contributed by atoms with E-state index in [0.717, 1.165) is 29.1 Å². The van der Waals surface area contributed by atoms with Gasteiger partial charge in [0.15, 0.2) is 0 Å². The van der Waals surface area contributed by atoms with Crippen LogP contribution in [0.3, 0.4) is 0 Å². The Labute approximate surface area is 112 Å². The van der Waals surface area contributed by atoms with E-state index in [-0.39, 0.29) is 0 Å². The van der Waals surface area contributed by atoms with Crippen molar-refractivity contribution >= 4 is 11.6 Å². The first-order valence-corrected chi connectivity index (χ1v) is 6.39. The fourth-order valence-corrected chi connectivity index (χ4v) is 2.18. The monoisotopic (exact) mass is 264 g/mol. The van der Waals surface area contributed by atoms with Crippen molar-refractivity contribution < 1.29 is 5.11 Å². The van der Waals surface area contributed by atoms with E-state index in [2.05, 4.69) is 5.10 Å². The molecule has 4 heteroatoms. The predicted octanol–water partition coefficient (Wildman–Crippen LogP) is 3.25. The Balaban J connectivity index is 2.40. The average molecular weight is 265 g/mol. The third-order valence-electron chi connectivity index (χ3n) is 3.02. The lowest BCUT2D eigenvalue weighted by Gasteiger charge is -2.13. The Morgan fingerprint density at radius 2 is 2.06 bits per heavy atom. The first kappa shape index (κ1) is 13.1. The second-order valence-corrected chi connectivity index (χ2v) is 4.84. The van der Waals surface area contributed by atoms with Gasteiger partial charge in [-0.05, 0) is 44.0 Å². The lowest BCUT2D eigenvalue weighted by molar-refractivity contribution is 0.208. The van der Waals surface area contributed by atoms with Gasteiger partial charge in [0.05, 0.1) is 11.4 Å². The predicted molar refractivity (Wildman–Crippen MR) is 72.9 cm³/mol. The first-order chi connectivity index (χ1) is 8.52. The van der Waals surface area contributed by atoms with Crippen LogP contribution in [0.15, 0.2) is 24.3 Å². The molecule has 0 saturated carbocycles. The summed E-state index contributed by atoms with van der Waals surface area (Å²) < 4.78 is 1.81. The summed E-state index contributed by atoms with van der Waals surface area (Å²) >= 11 is 6.09. The minimum absolute atomic E-state index is 0.672. The summed E-state index contributed by atoms with van der Waals surface area (Å²) in [5.41, 5.74) is 3.51. The van der Waals surface area contributed by atoms with Crippen LogP contribution in [0.25, 0.3) is 0 Å². The van der Waals surface area contributed by atoms with E-state index < -0.39 is 6.10 Å². The highest BCUT2D eigenvalue weighted by molar-refractivity contribution is 6.31. The molecule has 1 aromatic heterocycles. The molecule has 0 spiro atoms. The van der Waals surface area contributed by atoms with Crippen LogP contribution in [-0.2, 0) is 6.54 Å². The normalized spacial score (nSPS) is 12.7. The summed E-state index contributed by atoms with van der Waals surface area (Å²) in [6.45, 7) is 6.61. The smallest absolute Gasteiger partial charge is 0.121 e. The highest BCUT2D eigenvalue weighted by atomic mass is 35.5. The number of hydrogen-bond donors (Lipinski definition) is 1. The van der Waals surface area contributed by atoms with Crippen LogP contribution in [-0.4, -0.2) is 14.9 Å². The van der Waals surface area contributed by atoms with E-state index in [1.54, 1.807) is 0 Å². The molecule has 0 bridgehead atoms. The summed E-state index contributed by atoms with van der Waals surface area (Å²) in [5.74, 6) is 0. The Kier molecular flexibility index (Phi) is 3.73. The number of aliphatic hydroxyl groups excluding tert-OH is 1. The molecule has 0 aliphatic carbocycles. The third kappa shape index (κ3) is 2.42. The topological polar surface area (TPSA) is 38.0 Å². The Hall–Kier alpha value is -1.32. The Morgan fingerprint density at radius 3 is 2.67 bits per heavy atom. The molecular weight excluding hydrogens is 248 g/mol. The van der Waals surface area contributed by atoms with Crippen LogP contribution in [0.1, 0.15) is 35.5 Å². The molecule has 1 heterocycles. The third-order valence-corrected chi connectivity index (χ3v) is 3.43. The van der Waals surface area contributed by atoms with Gasteiger partial charge in [-0.15, -0.1) is 0 Å². The molecule has 1 unspecified atom stereocenters. The van der Waals surface area contributed by atoms with E-state index in [1.165, 1.54) is 0 Å². The van der Waals surface area contributed by atoms with Gasteiger partial charge in [-0.2, -0.15) is 5.10 Å². The number of benzene rings is 1. The zero-order valence-corrected chi connectivity index (χ0v) is 11.6. The van der Waals surface area contributed by atoms with E-state index in [4.69, 9.17) is 11.6 Å². The van der Waals surface area contributed by atoms with Crippen LogP contribution >= 0.6 is 11.6 Å². The SMILES string of the molecule is CCn1nc(C)cc1C(O)c1ccc(C)c(Cl)c1. The molecule has 0 fully saturated rings. The number of aryl methyl sites for hydroxylation is 3. The minimum Gasteiger partial charge on any atom is -0.382 e. The molecule has 0 radical (unpaired) electrons. The van der Waals surface area contributed by atoms with Gasteiger partial charge < -0.3 is 5.11 Å². The van der Waals surface area contributed by atoms with Gasteiger partial charge in [0.2, 0.25) is 0 Å². The van der Waals surface area contributed by atoms with Crippen molar-refractivity contribution in [2.45, 2.75) is 33.4 Å². The van der Waals surface area contributed by atoms with Gasteiger partial charge in [-0.1, -0.05) is 23.7 Å². The average Bonchev–Trinajstić information content (AvgIpc) is 2.73.